The number of anilines is 2. The molecule has 2 saturated heterocycles. The fraction of sp³-hybridized carbons (Fsp3) is 0.429. The van der Waals surface area contributed by atoms with Crippen LogP contribution >= 0.6 is 0 Å². The van der Waals surface area contributed by atoms with Crippen LogP contribution < -0.4 is 9.80 Å². The van der Waals surface area contributed by atoms with Gasteiger partial charge in [0, 0.05) is 37.3 Å². The normalized spacial score (nSPS) is 23.9. The van der Waals surface area contributed by atoms with Crippen LogP contribution in [0.2, 0.25) is 0 Å². The van der Waals surface area contributed by atoms with Crippen LogP contribution in [0.4, 0.5) is 11.4 Å². The van der Waals surface area contributed by atoms with Gasteiger partial charge in [0.1, 0.15) is 0 Å². The van der Waals surface area contributed by atoms with Crippen LogP contribution in [0, 0.1) is 17.8 Å². The predicted molar refractivity (Wildman–Crippen MR) is 249 cm³/mol. The summed E-state index contributed by atoms with van der Waals surface area (Å²) in [7, 11) is 0. The Hall–Kier alpha value is -4.96. The van der Waals surface area contributed by atoms with Crippen LogP contribution in [-0.2, 0) is 25.8 Å². The van der Waals surface area contributed by atoms with E-state index in [9.17, 15) is 9.59 Å². The van der Waals surface area contributed by atoms with Crippen molar-refractivity contribution in [3.8, 4) is 44.5 Å². The molecule has 4 saturated carbocycles. The van der Waals surface area contributed by atoms with E-state index in [0.29, 0.717) is 12.8 Å². The van der Waals surface area contributed by atoms with Gasteiger partial charge in [-0.05, 0) is 183 Å². The van der Waals surface area contributed by atoms with E-state index in [0.717, 1.165) is 55.1 Å². The zero-order valence-electron chi connectivity index (χ0n) is 36.7. The molecule has 0 unspecified atom stereocenters. The average molecular weight is 795 g/mol. The lowest BCUT2D eigenvalue weighted by Gasteiger charge is -2.57. The van der Waals surface area contributed by atoms with E-state index in [-0.39, 0.29) is 28.1 Å². The summed E-state index contributed by atoms with van der Waals surface area (Å²) in [5.41, 5.74) is 16.3. The smallest absolute Gasteiger partial charge is 0.227 e. The molecule has 2 amide bonds. The Bertz CT molecular complexity index is 2300. The van der Waals surface area contributed by atoms with E-state index >= 15 is 0 Å². The molecule has 4 heteroatoms. The van der Waals surface area contributed by atoms with Crippen molar-refractivity contribution in [2.45, 2.75) is 122 Å². The molecule has 0 N–H and O–H groups in total. The molecule has 5 aromatic carbocycles. The van der Waals surface area contributed by atoms with Crippen molar-refractivity contribution in [1.29, 1.82) is 0 Å². The summed E-state index contributed by atoms with van der Waals surface area (Å²) in [4.78, 5) is 29.5. The van der Waals surface area contributed by atoms with Crippen LogP contribution in [0.15, 0.2) is 103 Å². The highest BCUT2D eigenvalue weighted by Crippen LogP contribution is 2.62. The Balaban J connectivity index is 1.16. The van der Waals surface area contributed by atoms with Gasteiger partial charge in [0.2, 0.25) is 11.8 Å². The van der Waals surface area contributed by atoms with Crippen molar-refractivity contribution in [3.05, 3.63) is 120 Å². The van der Waals surface area contributed by atoms with Gasteiger partial charge in [0.15, 0.2) is 0 Å². The summed E-state index contributed by atoms with van der Waals surface area (Å²) in [6, 6.07) is 39.4. The van der Waals surface area contributed by atoms with Crippen molar-refractivity contribution in [2.75, 3.05) is 22.9 Å². The summed E-state index contributed by atoms with van der Waals surface area (Å²) in [6.07, 6.45) is 11.2. The third-order valence-electron chi connectivity index (χ3n) is 15.1. The van der Waals surface area contributed by atoms with Crippen LogP contribution in [0.3, 0.4) is 0 Å². The van der Waals surface area contributed by atoms with Gasteiger partial charge in [0.25, 0.3) is 0 Å². The first kappa shape index (κ1) is 39.2. The van der Waals surface area contributed by atoms with Gasteiger partial charge in [-0.3, -0.25) is 9.59 Å². The molecule has 4 aliphatic carbocycles. The molecular weight excluding hydrogens is 733 g/mol. The molecule has 60 heavy (non-hydrogen) atoms. The number of rotatable bonds is 7. The first-order chi connectivity index (χ1) is 28.7. The molecule has 0 radical (unpaired) electrons. The average Bonchev–Trinajstić information content (AvgIpc) is 3.86. The van der Waals surface area contributed by atoms with E-state index in [4.69, 9.17) is 0 Å². The minimum atomic E-state index is 0.0351. The first-order valence-electron chi connectivity index (χ1n) is 23.0. The van der Waals surface area contributed by atoms with Gasteiger partial charge in [-0.1, -0.05) is 108 Å². The summed E-state index contributed by atoms with van der Waals surface area (Å²) in [5.74, 6) is 2.94. The van der Waals surface area contributed by atoms with Crippen molar-refractivity contribution in [3.63, 3.8) is 0 Å². The molecule has 2 aliphatic heterocycles. The topological polar surface area (TPSA) is 40.6 Å². The molecule has 6 aliphatic rings. The van der Waals surface area contributed by atoms with E-state index < -0.39 is 0 Å². The number of hydrogen-bond donors (Lipinski definition) is 0. The van der Waals surface area contributed by atoms with Crippen molar-refractivity contribution in [2.24, 2.45) is 17.8 Å². The molecule has 308 valence electrons. The van der Waals surface area contributed by atoms with E-state index in [1.165, 1.54) is 99.7 Å². The second-order valence-corrected chi connectivity index (χ2v) is 21.4. The van der Waals surface area contributed by atoms with E-state index in [1.54, 1.807) is 0 Å². The Morgan fingerprint density at radius 3 is 1.27 bits per heavy atom. The van der Waals surface area contributed by atoms with Crippen molar-refractivity contribution in [1.82, 2.24) is 0 Å². The lowest BCUT2D eigenvalue weighted by molar-refractivity contribution is -0.117. The highest BCUT2D eigenvalue weighted by molar-refractivity contribution is 5.99. The lowest BCUT2D eigenvalue weighted by atomic mass is 9.48. The standard InChI is InChI=1S/C56H62N2O2/c1-54(2,3)44-28-43(29-45(30-44)55(4,5)6)39-11-13-42(14-12-39)53-49(40-15-19-47(20-16-40)57-23-7-9-51(57)59)31-46(56-33-36-25-37(34-56)27-38(26-36)35-56)32-50(53)41-17-21-48(22-18-41)58-24-8-10-52(58)60/h11-22,28-32,36-38H,7-10,23-27,33-35H2,1-6H3. The fourth-order valence-corrected chi connectivity index (χ4v) is 12.2. The number of nitrogens with zero attached hydrogens (tertiary/aromatic N) is 2. The number of benzene rings is 5. The second kappa shape index (κ2) is 14.6. The minimum Gasteiger partial charge on any atom is -0.312 e. The van der Waals surface area contributed by atoms with Gasteiger partial charge in [-0.2, -0.15) is 0 Å². The Morgan fingerprint density at radius 1 is 0.483 bits per heavy atom. The first-order valence-corrected chi connectivity index (χ1v) is 23.0. The van der Waals surface area contributed by atoms with Gasteiger partial charge in [-0.25, -0.2) is 0 Å². The second-order valence-electron chi connectivity index (χ2n) is 21.4. The number of amides is 2. The SMILES string of the molecule is CC(C)(C)c1cc(-c2ccc(-c3c(-c4ccc(N5CCCC5=O)cc4)cc(C45CC6CC(CC(C6)C4)C5)cc3-c3ccc(N4CCCC4=O)cc3)cc2)cc(C(C)(C)C)c1. The molecule has 4 nitrogen and oxygen atoms in total. The monoisotopic (exact) mass is 794 g/mol. The maximum Gasteiger partial charge on any atom is 0.227 e. The molecule has 2 heterocycles. The molecule has 0 aromatic heterocycles. The largest absolute Gasteiger partial charge is 0.312 e. The van der Waals surface area contributed by atoms with Crippen LogP contribution in [0.25, 0.3) is 44.5 Å². The summed E-state index contributed by atoms with van der Waals surface area (Å²) in [6.45, 7) is 15.4. The summed E-state index contributed by atoms with van der Waals surface area (Å²) >= 11 is 0. The summed E-state index contributed by atoms with van der Waals surface area (Å²) in [5, 5.41) is 0. The molecule has 4 bridgehead atoms. The van der Waals surface area contributed by atoms with Crippen molar-refractivity contribution < 1.29 is 9.59 Å². The highest BCUT2D eigenvalue weighted by atomic mass is 16.2. The Morgan fingerprint density at radius 2 is 0.883 bits per heavy atom. The molecule has 6 fully saturated rings. The summed E-state index contributed by atoms with van der Waals surface area (Å²) < 4.78 is 0. The molecule has 5 aromatic rings. The zero-order chi connectivity index (χ0) is 41.6. The zero-order valence-corrected chi connectivity index (χ0v) is 36.7. The van der Waals surface area contributed by atoms with Gasteiger partial charge >= 0.3 is 0 Å². The number of carbonyl (C=O) groups excluding carboxylic acids is 2. The number of carbonyl (C=O) groups is 2. The van der Waals surface area contributed by atoms with E-state index in [2.05, 4.69) is 145 Å². The van der Waals surface area contributed by atoms with E-state index in [1.807, 2.05) is 9.80 Å². The number of hydrogen-bond acceptors (Lipinski definition) is 2. The van der Waals surface area contributed by atoms with Gasteiger partial charge in [-0.15, -0.1) is 0 Å². The molecular formula is C56H62N2O2. The minimum absolute atomic E-state index is 0.0351. The Kier molecular flexibility index (Phi) is 9.54. The Labute approximate surface area is 358 Å². The van der Waals surface area contributed by atoms with Crippen LogP contribution in [-0.4, -0.2) is 24.9 Å². The predicted octanol–water partition coefficient (Wildman–Crippen LogP) is 13.7. The van der Waals surface area contributed by atoms with Crippen LogP contribution in [0.5, 0.6) is 0 Å². The maximum atomic E-state index is 12.8. The quantitative estimate of drug-likeness (QED) is 0.165. The third kappa shape index (κ3) is 7.12. The molecule has 11 rings (SSSR count). The molecule has 0 spiro atoms. The maximum absolute atomic E-state index is 12.8. The van der Waals surface area contributed by atoms with Crippen LogP contribution in [0.1, 0.15) is 122 Å². The fourth-order valence-electron chi connectivity index (χ4n) is 12.2. The van der Waals surface area contributed by atoms with Crippen molar-refractivity contribution >= 4 is 23.2 Å². The van der Waals surface area contributed by atoms with Gasteiger partial charge in [0.05, 0.1) is 0 Å². The lowest BCUT2D eigenvalue weighted by Crippen LogP contribution is -2.48. The third-order valence-corrected chi connectivity index (χ3v) is 15.1. The van der Waals surface area contributed by atoms with Gasteiger partial charge < -0.3 is 9.80 Å². The molecule has 0 atom stereocenters. The highest BCUT2D eigenvalue weighted by Gasteiger charge is 2.52.